The zero-order valence-corrected chi connectivity index (χ0v) is 13.2. The van der Waals surface area contributed by atoms with Crippen LogP contribution in [0, 0.1) is 6.92 Å². The zero-order valence-electron chi connectivity index (χ0n) is 12.5. The van der Waals surface area contributed by atoms with Gasteiger partial charge in [-0.2, -0.15) is 4.98 Å². The molecule has 0 bridgehead atoms. The summed E-state index contributed by atoms with van der Waals surface area (Å²) in [6.45, 7) is 3.86. The predicted molar refractivity (Wildman–Crippen MR) is 85.0 cm³/mol. The van der Waals surface area contributed by atoms with Gasteiger partial charge in [0.25, 0.3) is 5.71 Å². The van der Waals surface area contributed by atoms with Gasteiger partial charge in [-0.1, -0.05) is 22.8 Å². The number of ether oxygens (including phenoxy) is 1. The Balaban J connectivity index is 2.04. The molecule has 0 saturated heterocycles. The molecule has 0 aliphatic heterocycles. The van der Waals surface area contributed by atoms with Crippen LogP contribution in [0.4, 0.5) is 11.5 Å². The van der Waals surface area contributed by atoms with E-state index in [2.05, 4.69) is 20.4 Å². The van der Waals surface area contributed by atoms with E-state index in [1.54, 1.807) is 13.0 Å². The third-order valence-electron chi connectivity index (χ3n) is 3.18. The largest absolute Gasteiger partial charge is 0.461 e. The number of halogens is 1. The summed E-state index contributed by atoms with van der Waals surface area (Å²) in [6.07, 6.45) is 1.32. The molecule has 23 heavy (non-hydrogen) atoms. The molecule has 2 aromatic heterocycles. The molecule has 0 aliphatic carbocycles. The summed E-state index contributed by atoms with van der Waals surface area (Å²) in [4.78, 5) is 20.1. The number of carbonyl (C=O) groups is 1. The summed E-state index contributed by atoms with van der Waals surface area (Å²) < 4.78 is 10.0. The van der Waals surface area contributed by atoms with E-state index in [0.29, 0.717) is 16.2 Å². The van der Waals surface area contributed by atoms with E-state index in [1.807, 2.05) is 19.1 Å². The number of aryl methyl sites for hydroxylation is 1. The van der Waals surface area contributed by atoms with Crippen LogP contribution in [0.15, 0.2) is 29.0 Å². The van der Waals surface area contributed by atoms with Crippen LogP contribution in [0.5, 0.6) is 0 Å². The summed E-state index contributed by atoms with van der Waals surface area (Å²) in [5.41, 5.74) is 1.91. The third-order valence-corrected chi connectivity index (χ3v) is 3.58. The Morgan fingerprint density at radius 3 is 2.96 bits per heavy atom. The van der Waals surface area contributed by atoms with Gasteiger partial charge in [0.05, 0.1) is 6.61 Å². The molecular formula is C15H13ClN4O3. The Bertz CT molecular complexity index is 878. The molecule has 0 saturated carbocycles. The van der Waals surface area contributed by atoms with Crippen LogP contribution in [0.2, 0.25) is 5.02 Å². The summed E-state index contributed by atoms with van der Waals surface area (Å²) in [6, 6.07) is 5.50. The molecule has 1 aromatic carbocycles. The number of carbonyl (C=O) groups excluding carboxylic acids is 1. The average Bonchev–Trinajstić information content (AvgIpc) is 2.96. The number of nitrogens with zero attached hydrogens (tertiary/aromatic N) is 3. The lowest BCUT2D eigenvalue weighted by Gasteiger charge is -2.08. The van der Waals surface area contributed by atoms with Crippen molar-refractivity contribution in [3.8, 4) is 0 Å². The molecule has 3 rings (SSSR count). The first kappa shape index (κ1) is 15.2. The maximum atomic E-state index is 12.0. The van der Waals surface area contributed by atoms with Gasteiger partial charge in [0, 0.05) is 10.7 Å². The predicted octanol–water partition coefficient (Wildman–Crippen LogP) is 3.50. The van der Waals surface area contributed by atoms with E-state index in [4.69, 9.17) is 20.9 Å². The van der Waals surface area contributed by atoms with Gasteiger partial charge in [0.15, 0.2) is 0 Å². The molecule has 7 nitrogen and oxygen atoms in total. The van der Waals surface area contributed by atoms with Gasteiger partial charge in [-0.05, 0) is 31.5 Å². The highest BCUT2D eigenvalue weighted by molar-refractivity contribution is 6.31. The number of hydrogen-bond acceptors (Lipinski definition) is 7. The molecule has 3 aromatic rings. The molecule has 0 spiro atoms. The smallest absolute Gasteiger partial charge is 0.361 e. The number of hydrogen-bond donors (Lipinski definition) is 1. The summed E-state index contributed by atoms with van der Waals surface area (Å²) in [7, 11) is 0. The second-order valence-electron chi connectivity index (χ2n) is 4.74. The van der Waals surface area contributed by atoms with Crippen molar-refractivity contribution in [2.75, 3.05) is 11.9 Å². The highest BCUT2D eigenvalue weighted by Gasteiger charge is 2.22. The van der Waals surface area contributed by atoms with Crippen molar-refractivity contribution in [1.29, 1.82) is 0 Å². The highest BCUT2D eigenvalue weighted by atomic mass is 35.5. The Hall–Kier alpha value is -2.67. The number of aromatic nitrogens is 3. The number of rotatable bonds is 4. The van der Waals surface area contributed by atoms with Gasteiger partial charge in [0.2, 0.25) is 5.69 Å². The molecule has 8 heteroatoms. The lowest BCUT2D eigenvalue weighted by molar-refractivity contribution is 0.0517. The minimum Gasteiger partial charge on any atom is -0.461 e. The monoisotopic (exact) mass is 332 g/mol. The van der Waals surface area contributed by atoms with E-state index in [9.17, 15) is 4.79 Å². The lowest BCUT2D eigenvalue weighted by Crippen LogP contribution is -2.06. The van der Waals surface area contributed by atoms with E-state index in [1.165, 1.54) is 6.33 Å². The Morgan fingerprint density at radius 1 is 1.39 bits per heavy atom. The van der Waals surface area contributed by atoms with Gasteiger partial charge >= 0.3 is 5.97 Å². The maximum absolute atomic E-state index is 12.0. The molecule has 1 N–H and O–H groups in total. The van der Waals surface area contributed by atoms with Crippen LogP contribution in [0.3, 0.4) is 0 Å². The summed E-state index contributed by atoms with van der Waals surface area (Å²) in [5.74, 6) is -0.203. The number of esters is 1. The van der Waals surface area contributed by atoms with Crippen molar-refractivity contribution in [1.82, 2.24) is 15.1 Å². The van der Waals surface area contributed by atoms with Gasteiger partial charge < -0.3 is 14.6 Å². The zero-order chi connectivity index (χ0) is 16.4. The number of benzene rings is 1. The third kappa shape index (κ3) is 2.95. The quantitative estimate of drug-likeness (QED) is 0.731. The number of fused-ring (bicyclic) bond motifs is 1. The fraction of sp³-hybridized carbons (Fsp3) is 0.200. The molecule has 2 heterocycles. The van der Waals surface area contributed by atoms with E-state index >= 15 is 0 Å². The van der Waals surface area contributed by atoms with Crippen LogP contribution in [0.1, 0.15) is 23.0 Å². The summed E-state index contributed by atoms with van der Waals surface area (Å²) in [5, 5.41) is 7.81. The van der Waals surface area contributed by atoms with Gasteiger partial charge in [0.1, 0.15) is 17.5 Å². The summed E-state index contributed by atoms with van der Waals surface area (Å²) >= 11 is 6.12. The molecule has 0 radical (unpaired) electrons. The molecule has 0 unspecified atom stereocenters. The Morgan fingerprint density at radius 2 is 2.22 bits per heavy atom. The van der Waals surface area contributed by atoms with Crippen LogP contribution in [-0.4, -0.2) is 27.7 Å². The van der Waals surface area contributed by atoms with Crippen molar-refractivity contribution >= 4 is 40.2 Å². The topological polar surface area (TPSA) is 90.1 Å². The fourth-order valence-corrected chi connectivity index (χ4v) is 2.21. The number of anilines is 2. The van der Waals surface area contributed by atoms with Crippen molar-refractivity contribution in [3.05, 3.63) is 40.8 Å². The highest BCUT2D eigenvalue weighted by Crippen LogP contribution is 2.28. The Kier molecular flexibility index (Phi) is 4.12. The van der Waals surface area contributed by atoms with E-state index in [0.717, 1.165) is 11.3 Å². The van der Waals surface area contributed by atoms with E-state index in [-0.39, 0.29) is 18.0 Å². The molecule has 0 amide bonds. The van der Waals surface area contributed by atoms with Gasteiger partial charge in [-0.3, -0.25) is 0 Å². The number of nitrogens with one attached hydrogen (secondary N) is 1. The van der Waals surface area contributed by atoms with Gasteiger partial charge in [-0.15, -0.1) is 0 Å². The van der Waals surface area contributed by atoms with Crippen LogP contribution in [0.25, 0.3) is 11.1 Å². The van der Waals surface area contributed by atoms with Crippen molar-refractivity contribution < 1.29 is 14.1 Å². The lowest BCUT2D eigenvalue weighted by atomic mass is 10.2. The van der Waals surface area contributed by atoms with Crippen molar-refractivity contribution in [2.24, 2.45) is 0 Å². The minimum atomic E-state index is -0.592. The minimum absolute atomic E-state index is 0.0307. The van der Waals surface area contributed by atoms with Crippen molar-refractivity contribution in [3.63, 3.8) is 0 Å². The molecular weight excluding hydrogens is 320 g/mol. The first-order valence-electron chi connectivity index (χ1n) is 6.90. The van der Waals surface area contributed by atoms with Crippen LogP contribution in [-0.2, 0) is 4.74 Å². The van der Waals surface area contributed by atoms with Crippen LogP contribution >= 0.6 is 11.6 Å². The molecule has 118 valence electrons. The first-order chi connectivity index (χ1) is 11.1. The second kappa shape index (κ2) is 6.21. The van der Waals surface area contributed by atoms with Gasteiger partial charge in [-0.25, -0.2) is 9.78 Å². The van der Waals surface area contributed by atoms with E-state index < -0.39 is 5.97 Å². The van der Waals surface area contributed by atoms with Crippen molar-refractivity contribution in [2.45, 2.75) is 13.8 Å². The Labute approximate surface area is 136 Å². The first-order valence-corrected chi connectivity index (χ1v) is 7.28. The fourth-order valence-electron chi connectivity index (χ4n) is 2.03. The normalized spacial score (nSPS) is 10.7. The SMILES string of the molecule is CCOC(=O)c1noc2ncnc(Nc3ccc(C)c(Cl)c3)c12. The molecule has 0 aliphatic rings. The average molecular weight is 333 g/mol. The standard InChI is InChI=1S/C15H13ClN4O3/c1-3-22-15(21)12-11-13(17-7-18-14(11)23-20-12)19-9-5-4-8(2)10(16)6-9/h4-7H,3H2,1-2H3,(H,17,18,19). The maximum Gasteiger partial charge on any atom is 0.361 e. The second-order valence-corrected chi connectivity index (χ2v) is 5.15. The molecule has 0 fully saturated rings. The van der Waals surface area contributed by atoms with Crippen LogP contribution < -0.4 is 5.32 Å². The molecule has 0 atom stereocenters.